The molecule has 0 bridgehead atoms. The van der Waals surface area contributed by atoms with Crippen LogP contribution >= 0.6 is 0 Å². The summed E-state index contributed by atoms with van der Waals surface area (Å²) in [6.45, 7) is 2.35. The first-order valence-corrected chi connectivity index (χ1v) is 12.3. The van der Waals surface area contributed by atoms with Crippen LogP contribution in [0.4, 0.5) is 0 Å². The van der Waals surface area contributed by atoms with E-state index >= 15 is 0 Å². The van der Waals surface area contributed by atoms with E-state index in [2.05, 4.69) is 47.8 Å². The lowest BCUT2D eigenvalue weighted by Crippen LogP contribution is -2.28. The highest BCUT2D eigenvalue weighted by Crippen LogP contribution is 2.20. The maximum Gasteiger partial charge on any atom is 0.210 e. The fourth-order valence-electron chi connectivity index (χ4n) is 4.20. The quantitative estimate of drug-likeness (QED) is 0.427. The summed E-state index contributed by atoms with van der Waals surface area (Å²) in [5.41, 5.74) is 7.08. The van der Waals surface area contributed by atoms with Crippen molar-refractivity contribution in [2.45, 2.75) is 45.1 Å². The van der Waals surface area contributed by atoms with Crippen LogP contribution in [-0.4, -0.2) is 43.0 Å². The number of carbonyl (C=O) groups is 2. The second-order valence-electron chi connectivity index (χ2n) is 8.38. The Balaban J connectivity index is 0.000000179. The molecule has 2 N–H and O–H groups in total. The SMILES string of the molecule is CO.O=CN1CCc2ccccc2C1.O=CNCCc1ccccc1.c1ccc2c(c1)CCCC2. The fourth-order valence-corrected chi connectivity index (χ4v) is 4.20. The molecular weight excluding hydrogens is 436 g/mol. The van der Waals surface area contributed by atoms with E-state index in [4.69, 9.17) is 5.11 Å². The van der Waals surface area contributed by atoms with E-state index in [0.29, 0.717) is 6.54 Å². The number of aliphatic hydroxyl groups excluding tert-OH is 1. The summed E-state index contributed by atoms with van der Waals surface area (Å²) in [5.74, 6) is 0. The first kappa shape index (κ1) is 27.8. The Labute approximate surface area is 209 Å². The lowest BCUT2D eigenvalue weighted by molar-refractivity contribution is -0.119. The highest BCUT2D eigenvalue weighted by molar-refractivity contribution is 5.49. The molecule has 2 aliphatic rings. The summed E-state index contributed by atoms with van der Waals surface area (Å²) in [6.07, 6.45) is 8.92. The zero-order valence-electron chi connectivity index (χ0n) is 20.7. The van der Waals surface area contributed by atoms with Crippen LogP contribution in [0.1, 0.15) is 40.7 Å². The van der Waals surface area contributed by atoms with Gasteiger partial charge in [-0.2, -0.15) is 0 Å². The number of aryl methyl sites for hydroxylation is 2. The van der Waals surface area contributed by atoms with Gasteiger partial charge in [0.25, 0.3) is 0 Å². The predicted octanol–water partition coefficient (Wildman–Crippen LogP) is 4.35. The van der Waals surface area contributed by atoms with Crippen molar-refractivity contribution in [2.24, 2.45) is 0 Å². The molecule has 0 unspecified atom stereocenters. The molecule has 35 heavy (non-hydrogen) atoms. The van der Waals surface area contributed by atoms with Crippen LogP contribution < -0.4 is 5.32 Å². The van der Waals surface area contributed by atoms with Crippen molar-refractivity contribution in [3.8, 4) is 0 Å². The molecule has 5 heteroatoms. The maximum absolute atomic E-state index is 10.5. The van der Waals surface area contributed by atoms with Gasteiger partial charge in [-0.25, -0.2) is 0 Å². The van der Waals surface area contributed by atoms with Crippen LogP contribution in [-0.2, 0) is 41.8 Å². The molecule has 0 saturated carbocycles. The van der Waals surface area contributed by atoms with Crippen molar-refractivity contribution in [3.63, 3.8) is 0 Å². The number of carbonyl (C=O) groups excluding carboxylic acids is 2. The van der Waals surface area contributed by atoms with E-state index < -0.39 is 0 Å². The normalized spacial score (nSPS) is 13.0. The lowest BCUT2D eigenvalue weighted by Gasteiger charge is -2.24. The minimum atomic E-state index is 0.716. The van der Waals surface area contributed by atoms with Gasteiger partial charge in [0.05, 0.1) is 0 Å². The van der Waals surface area contributed by atoms with E-state index in [1.807, 2.05) is 41.3 Å². The first-order chi connectivity index (χ1) is 17.3. The van der Waals surface area contributed by atoms with Gasteiger partial charge >= 0.3 is 0 Å². The van der Waals surface area contributed by atoms with Crippen molar-refractivity contribution >= 4 is 12.8 Å². The van der Waals surface area contributed by atoms with Gasteiger partial charge in [0.15, 0.2) is 0 Å². The zero-order valence-corrected chi connectivity index (χ0v) is 20.7. The number of fused-ring (bicyclic) bond motifs is 2. The number of amides is 2. The van der Waals surface area contributed by atoms with Gasteiger partial charge in [0.2, 0.25) is 12.8 Å². The molecule has 0 spiro atoms. The number of nitrogens with one attached hydrogen (secondary N) is 1. The highest BCUT2D eigenvalue weighted by atomic mass is 16.2. The Hall–Kier alpha value is -3.44. The van der Waals surface area contributed by atoms with Crippen LogP contribution in [0.3, 0.4) is 0 Å². The van der Waals surface area contributed by atoms with Crippen molar-refractivity contribution in [3.05, 3.63) is 107 Å². The van der Waals surface area contributed by atoms with E-state index in [9.17, 15) is 9.59 Å². The molecule has 186 valence electrons. The second kappa shape index (κ2) is 17.1. The molecule has 3 aromatic rings. The highest BCUT2D eigenvalue weighted by Gasteiger charge is 2.12. The van der Waals surface area contributed by atoms with Crippen molar-refractivity contribution < 1.29 is 14.7 Å². The third kappa shape index (κ3) is 10.1. The molecule has 0 aromatic heterocycles. The molecule has 2 amide bonds. The van der Waals surface area contributed by atoms with Gasteiger partial charge in [-0.1, -0.05) is 78.9 Å². The average molecular weight is 475 g/mol. The number of rotatable bonds is 5. The smallest absolute Gasteiger partial charge is 0.210 e. The minimum Gasteiger partial charge on any atom is -0.400 e. The Morgan fingerprint density at radius 2 is 1.26 bits per heavy atom. The molecule has 1 aliphatic heterocycles. The molecule has 5 nitrogen and oxygen atoms in total. The Bertz CT molecular complexity index is 967. The van der Waals surface area contributed by atoms with E-state index in [1.54, 1.807) is 11.1 Å². The van der Waals surface area contributed by atoms with Crippen LogP contribution in [0.5, 0.6) is 0 Å². The maximum atomic E-state index is 10.5. The second-order valence-corrected chi connectivity index (χ2v) is 8.38. The molecular formula is C30H38N2O3. The average Bonchev–Trinajstić information content (AvgIpc) is 2.95. The third-order valence-corrected chi connectivity index (χ3v) is 6.05. The summed E-state index contributed by atoms with van der Waals surface area (Å²) in [6, 6.07) is 27.2. The molecule has 0 fully saturated rings. The zero-order chi connectivity index (χ0) is 25.1. The monoisotopic (exact) mass is 474 g/mol. The minimum absolute atomic E-state index is 0.716. The van der Waals surface area contributed by atoms with Crippen LogP contribution in [0.25, 0.3) is 0 Å². The molecule has 0 atom stereocenters. The number of hydrogen-bond donors (Lipinski definition) is 2. The van der Waals surface area contributed by atoms with Crippen LogP contribution in [0.15, 0.2) is 78.9 Å². The third-order valence-electron chi connectivity index (χ3n) is 6.05. The Morgan fingerprint density at radius 1 is 0.743 bits per heavy atom. The van der Waals surface area contributed by atoms with E-state index in [-0.39, 0.29) is 0 Å². The molecule has 1 aliphatic carbocycles. The van der Waals surface area contributed by atoms with Gasteiger partial charge in [0, 0.05) is 26.7 Å². The number of hydrogen-bond acceptors (Lipinski definition) is 3. The summed E-state index contributed by atoms with van der Waals surface area (Å²) in [4.78, 5) is 22.2. The number of benzene rings is 3. The van der Waals surface area contributed by atoms with Crippen LogP contribution in [0, 0.1) is 0 Å². The molecule has 0 saturated heterocycles. The van der Waals surface area contributed by atoms with Crippen LogP contribution in [0.2, 0.25) is 0 Å². The summed E-state index contributed by atoms with van der Waals surface area (Å²) < 4.78 is 0. The molecule has 1 heterocycles. The van der Waals surface area contributed by atoms with Gasteiger partial charge in [-0.15, -0.1) is 0 Å². The van der Waals surface area contributed by atoms with E-state index in [0.717, 1.165) is 45.9 Å². The summed E-state index contributed by atoms with van der Waals surface area (Å²) in [7, 11) is 1.00. The first-order valence-electron chi connectivity index (χ1n) is 12.3. The molecule has 3 aromatic carbocycles. The molecule has 0 radical (unpaired) electrons. The number of nitrogens with zero attached hydrogens (tertiary/aromatic N) is 1. The standard InChI is InChI=1S/C10H11NO.C10H12.C9H11NO.CH4O/c12-8-11-6-5-9-3-1-2-4-10(9)7-11;1-2-6-10-8-4-3-7-9(10)5-1;11-8-10-7-6-9-4-2-1-3-5-9;1-2/h1-4,8H,5-7H2;1-2,5-6H,3-4,7-8H2;1-5,8H,6-7H2,(H,10,11);2H,1H3. The Kier molecular flexibility index (Phi) is 13.6. The van der Waals surface area contributed by atoms with Gasteiger partial charge in [-0.3, -0.25) is 9.59 Å². The van der Waals surface area contributed by atoms with Crippen molar-refractivity contribution in [1.29, 1.82) is 0 Å². The van der Waals surface area contributed by atoms with Gasteiger partial charge < -0.3 is 15.3 Å². The van der Waals surface area contributed by atoms with Gasteiger partial charge in [0.1, 0.15) is 0 Å². The van der Waals surface area contributed by atoms with E-state index in [1.165, 1.54) is 42.4 Å². The summed E-state index contributed by atoms with van der Waals surface area (Å²) in [5, 5.41) is 9.62. The Morgan fingerprint density at radius 3 is 1.80 bits per heavy atom. The van der Waals surface area contributed by atoms with Crippen molar-refractivity contribution in [2.75, 3.05) is 20.2 Å². The largest absolute Gasteiger partial charge is 0.400 e. The molecule has 5 rings (SSSR count). The van der Waals surface area contributed by atoms with Gasteiger partial charge in [-0.05, 0) is 66.3 Å². The fraction of sp³-hybridized carbons (Fsp3) is 0.333. The van der Waals surface area contributed by atoms with Crippen molar-refractivity contribution in [1.82, 2.24) is 10.2 Å². The lowest BCUT2D eigenvalue weighted by atomic mass is 9.92. The number of aliphatic hydroxyl groups is 1. The predicted molar refractivity (Wildman–Crippen MR) is 142 cm³/mol. The summed E-state index contributed by atoms with van der Waals surface area (Å²) >= 11 is 0. The topological polar surface area (TPSA) is 69.6 Å².